The van der Waals surface area contributed by atoms with Crippen LogP contribution in [0, 0.1) is 11.3 Å². The summed E-state index contributed by atoms with van der Waals surface area (Å²) in [6.07, 6.45) is 1.97. The highest BCUT2D eigenvalue weighted by Crippen LogP contribution is 2.27. The molecule has 100 valence electrons. The molecule has 1 unspecified atom stereocenters. The van der Waals surface area contributed by atoms with E-state index >= 15 is 0 Å². The number of carbonyl (C=O) groups is 2. The first-order valence-electron chi connectivity index (χ1n) is 5.77. The van der Waals surface area contributed by atoms with Crippen LogP contribution in [0.25, 0.3) is 0 Å². The predicted molar refractivity (Wildman–Crippen MR) is 71.0 cm³/mol. The number of ether oxygens (including phenoxy) is 1. The van der Waals surface area contributed by atoms with E-state index in [1.165, 1.54) is 0 Å². The van der Waals surface area contributed by atoms with E-state index in [2.05, 4.69) is 5.32 Å². The average Bonchev–Trinajstić information content (AvgIpc) is 2.16. The molecule has 0 radical (unpaired) electrons. The zero-order chi connectivity index (χ0) is 13.5. The van der Waals surface area contributed by atoms with E-state index in [1.54, 1.807) is 18.7 Å². The average molecular weight is 261 g/mol. The van der Waals surface area contributed by atoms with Gasteiger partial charge >= 0.3 is 5.97 Å². The standard InChI is InChI=1S/C12H23NO3S/c1-6-16-11(15)9(12(2,3)4)10(14)13-7-8-17-5/h9H,6-8H2,1-5H3,(H,13,14). The van der Waals surface area contributed by atoms with Crippen LogP contribution in [0.15, 0.2) is 0 Å². The number of thioether (sulfide) groups is 1. The van der Waals surface area contributed by atoms with Crippen molar-refractivity contribution in [1.82, 2.24) is 5.32 Å². The lowest BCUT2D eigenvalue weighted by atomic mass is 9.80. The molecule has 1 N–H and O–H groups in total. The maximum atomic E-state index is 12.0. The van der Waals surface area contributed by atoms with Crippen LogP contribution in [0.2, 0.25) is 0 Å². The van der Waals surface area contributed by atoms with Gasteiger partial charge in [-0.15, -0.1) is 0 Å². The number of esters is 1. The lowest BCUT2D eigenvalue weighted by Crippen LogP contribution is -2.44. The molecule has 1 amide bonds. The molecule has 0 spiro atoms. The van der Waals surface area contributed by atoms with E-state index < -0.39 is 17.3 Å². The first-order chi connectivity index (χ1) is 7.84. The van der Waals surface area contributed by atoms with Crippen LogP contribution < -0.4 is 5.32 Å². The third-order valence-corrected chi connectivity index (χ3v) is 2.87. The van der Waals surface area contributed by atoms with Crippen LogP contribution in [-0.4, -0.2) is 37.0 Å². The van der Waals surface area contributed by atoms with Gasteiger partial charge in [0, 0.05) is 12.3 Å². The van der Waals surface area contributed by atoms with Gasteiger partial charge in [-0.25, -0.2) is 0 Å². The van der Waals surface area contributed by atoms with Crippen molar-refractivity contribution in [3.05, 3.63) is 0 Å². The minimum atomic E-state index is -0.746. The van der Waals surface area contributed by atoms with Crippen LogP contribution in [0.3, 0.4) is 0 Å². The predicted octanol–water partition coefficient (Wildman–Crippen LogP) is 1.69. The minimum Gasteiger partial charge on any atom is -0.465 e. The normalized spacial score (nSPS) is 13.0. The molecule has 0 saturated heterocycles. The van der Waals surface area contributed by atoms with Gasteiger partial charge in [-0.1, -0.05) is 20.8 Å². The topological polar surface area (TPSA) is 55.4 Å². The van der Waals surface area contributed by atoms with Crippen molar-refractivity contribution in [2.24, 2.45) is 11.3 Å². The molecule has 4 nitrogen and oxygen atoms in total. The number of carbonyl (C=O) groups excluding carboxylic acids is 2. The van der Waals surface area contributed by atoms with E-state index in [1.807, 2.05) is 27.0 Å². The van der Waals surface area contributed by atoms with Crippen LogP contribution in [0.4, 0.5) is 0 Å². The summed E-state index contributed by atoms with van der Waals surface area (Å²) in [5.41, 5.74) is -0.435. The molecule has 0 fully saturated rings. The third kappa shape index (κ3) is 5.96. The Bertz CT molecular complexity index is 261. The summed E-state index contributed by atoms with van der Waals surface area (Å²) >= 11 is 1.65. The quantitative estimate of drug-likeness (QED) is 0.449. The van der Waals surface area contributed by atoms with Crippen molar-refractivity contribution in [1.29, 1.82) is 0 Å². The number of hydrogen-bond acceptors (Lipinski definition) is 4. The van der Waals surface area contributed by atoms with E-state index in [9.17, 15) is 9.59 Å². The fourth-order valence-corrected chi connectivity index (χ4v) is 1.76. The second-order valence-corrected chi connectivity index (χ2v) is 5.82. The maximum Gasteiger partial charge on any atom is 0.319 e. The number of amides is 1. The number of rotatable bonds is 6. The molecule has 0 bridgehead atoms. The van der Waals surface area contributed by atoms with Crippen molar-refractivity contribution in [2.75, 3.05) is 25.2 Å². The minimum absolute atomic E-state index is 0.245. The number of hydrogen-bond donors (Lipinski definition) is 1. The van der Waals surface area contributed by atoms with E-state index in [-0.39, 0.29) is 5.91 Å². The van der Waals surface area contributed by atoms with Gasteiger partial charge in [0.15, 0.2) is 0 Å². The molecular formula is C12H23NO3S. The molecule has 0 aliphatic heterocycles. The molecule has 0 aliphatic carbocycles. The second-order valence-electron chi connectivity index (χ2n) is 4.83. The molecule has 0 aromatic carbocycles. The van der Waals surface area contributed by atoms with Gasteiger partial charge in [0.1, 0.15) is 5.92 Å². The highest BCUT2D eigenvalue weighted by molar-refractivity contribution is 7.98. The number of nitrogens with one attached hydrogen (secondary N) is 1. The van der Waals surface area contributed by atoms with E-state index in [4.69, 9.17) is 4.74 Å². The molecule has 0 rings (SSSR count). The zero-order valence-corrected chi connectivity index (χ0v) is 12.1. The summed E-state index contributed by atoms with van der Waals surface area (Å²) in [6.45, 7) is 8.20. The van der Waals surface area contributed by atoms with Crippen LogP contribution >= 0.6 is 11.8 Å². The maximum absolute atomic E-state index is 12.0. The monoisotopic (exact) mass is 261 g/mol. The Morgan fingerprint density at radius 1 is 1.35 bits per heavy atom. The van der Waals surface area contributed by atoms with Crippen molar-refractivity contribution in [2.45, 2.75) is 27.7 Å². The summed E-state index contributed by atoms with van der Waals surface area (Å²) in [5.74, 6) is -0.596. The van der Waals surface area contributed by atoms with Crippen molar-refractivity contribution >= 4 is 23.6 Å². The summed E-state index contributed by atoms with van der Waals surface area (Å²) in [4.78, 5) is 23.7. The lowest BCUT2D eigenvalue weighted by molar-refractivity contribution is -0.156. The fourth-order valence-electron chi connectivity index (χ4n) is 1.46. The third-order valence-electron chi connectivity index (χ3n) is 2.26. The molecule has 0 heterocycles. The Morgan fingerprint density at radius 3 is 2.35 bits per heavy atom. The molecule has 1 atom stereocenters. The SMILES string of the molecule is CCOC(=O)C(C(=O)NCCSC)C(C)(C)C. The van der Waals surface area contributed by atoms with Crippen LogP contribution in [0.1, 0.15) is 27.7 Å². The first kappa shape index (κ1) is 16.3. The largest absolute Gasteiger partial charge is 0.465 e. The Morgan fingerprint density at radius 2 is 1.94 bits per heavy atom. The van der Waals surface area contributed by atoms with Crippen molar-refractivity contribution in [3.63, 3.8) is 0 Å². The Labute approximate surface area is 108 Å². The zero-order valence-electron chi connectivity index (χ0n) is 11.3. The van der Waals surface area contributed by atoms with Gasteiger partial charge in [-0.05, 0) is 18.6 Å². The molecule has 0 aromatic rings. The Hall–Kier alpha value is -0.710. The van der Waals surface area contributed by atoms with Crippen LogP contribution in [-0.2, 0) is 14.3 Å². The summed E-state index contributed by atoms with van der Waals surface area (Å²) in [6, 6.07) is 0. The molecule has 5 heteroatoms. The van der Waals surface area contributed by atoms with Gasteiger partial charge < -0.3 is 10.1 Å². The smallest absolute Gasteiger partial charge is 0.319 e. The highest BCUT2D eigenvalue weighted by Gasteiger charge is 2.38. The summed E-state index contributed by atoms with van der Waals surface area (Å²) < 4.78 is 4.95. The second kappa shape index (κ2) is 7.58. The molecule has 0 saturated carbocycles. The Balaban J connectivity index is 4.58. The molecule has 0 aromatic heterocycles. The van der Waals surface area contributed by atoms with Crippen molar-refractivity contribution in [3.8, 4) is 0 Å². The van der Waals surface area contributed by atoms with Crippen LogP contribution in [0.5, 0.6) is 0 Å². The lowest BCUT2D eigenvalue weighted by Gasteiger charge is -2.27. The van der Waals surface area contributed by atoms with Gasteiger partial charge in [0.25, 0.3) is 0 Å². The Kier molecular flexibility index (Phi) is 7.27. The van der Waals surface area contributed by atoms with Gasteiger partial charge in [0.05, 0.1) is 6.61 Å². The van der Waals surface area contributed by atoms with Gasteiger partial charge in [-0.3, -0.25) is 9.59 Å². The van der Waals surface area contributed by atoms with E-state index in [0.29, 0.717) is 13.2 Å². The van der Waals surface area contributed by atoms with Gasteiger partial charge in [-0.2, -0.15) is 11.8 Å². The molecular weight excluding hydrogens is 238 g/mol. The highest BCUT2D eigenvalue weighted by atomic mass is 32.2. The van der Waals surface area contributed by atoms with E-state index in [0.717, 1.165) is 5.75 Å². The fraction of sp³-hybridized carbons (Fsp3) is 0.833. The molecule has 0 aliphatic rings. The van der Waals surface area contributed by atoms with Crippen molar-refractivity contribution < 1.29 is 14.3 Å². The summed E-state index contributed by atoms with van der Waals surface area (Å²) in [7, 11) is 0. The molecule has 17 heavy (non-hydrogen) atoms. The van der Waals surface area contributed by atoms with Gasteiger partial charge in [0.2, 0.25) is 5.91 Å². The summed E-state index contributed by atoms with van der Waals surface area (Å²) in [5, 5.41) is 2.77. The first-order valence-corrected chi connectivity index (χ1v) is 7.17.